The minimum atomic E-state index is -0.461. The Labute approximate surface area is 132 Å². The summed E-state index contributed by atoms with van der Waals surface area (Å²) in [6.45, 7) is 0.307. The summed E-state index contributed by atoms with van der Waals surface area (Å²) >= 11 is 5.78. The quantitative estimate of drug-likeness (QED) is 0.520. The van der Waals surface area contributed by atoms with E-state index in [1.54, 1.807) is 30.3 Å². The predicted molar refractivity (Wildman–Crippen MR) is 85.4 cm³/mol. The van der Waals surface area contributed by atoms with Crippen molar-refractivity contribution in [3.05, 3.63) is 80.9 Å². The Bertz CT molecular complexity index is 694. The molecule has 1 N–H and O–H groups in total. The number of carbonyl (C=O) groups is 1. The summed E-state index contributed by atoms with van der Waals surface area (Å²) in [5.74, 6) is -0.242. The van der Waals surface area contributed by atoms with Crippen LogP contribution in [-0.4, -0.2) is 10.8 Å². The van der Waals surface area contributed by atoms with Crippen LogP contribution in [0.25, 0.3) is 6.08 Å². The Morgan fingerprint density at radius 1 is 1.14 bits per heavy atom. The van der Waals surface area contributed by atoms with Crippen molar-refractivity contribution in [2.75, 3.05) is 0 Å². The molecule has 0 aliphatic heterocycles. The lowest BCUT2D eigenvalue weighted by atomic mass is 10.2. The van der Waals surface area contributed by atoms with Gasteiger partial charge in [0.25, 0.3) is 5.69 Å². The van der Waals surface area contributed by atoms with Gasteiger partial charge in [-0.1, -0.05) is 35.9 Å². The van der Waals surface area contributed by atoms with Gasteiger partial charge >= 0.3 is 0 Å². The molecule has 2 rings (SSSR count). The van der Waals surface area contributed by atoms with Crippen molar-refractivity contribution < 1.29 is 9.72 Å². The molecule has 0 spiro atoms. The monoisotopic (exact) mass is 316 g/mol. The maximum Gasteiger partial charge on any atom is 0.269 e. The lowest BCUT2D eigenvalue weighted by Crippen LogP contribution is -2.20. The van der Waals surface area contributed by atoms with Crippen molar-refractivity contribution in [2.24, 2.45) is 0 Å². The highest BCUT2D eigenvalue weighted by molar-refractivity contribution is 6.30. The molecule has 22 heavy (non-hydrogen) atoms. The molecule has 2 aromatic rings. The number of rotatable bonds is 5. The number of hydrogen-bond donors (Lipinski definition) is 1. The Balaban J connectivity index is 1.87. The van der Waals surface area contributed by atoms with E-state index in [0.717, 1.165) is 11.1 Å². The van der Waals surface area contributed by atoms with Crippen LogP contribution in [0, 0.1) is 10.1 Å². The maximum atomic E-state index is 11.7. The Kier molecular flexibility index (Phi) is 5.27. The van der Waals surface area contributed by atoms with Crippen LogP contribution in [-0.2, 0) is 11.3 Å². The van der Waals surface area contributed by atoms with Gasteiger partial charge in [-0.25, -0.2) is 0 Å². The first-order chi connectivity index (χ1) is 10.5. The van der Waals surface area contributed by atoms with E-state index in [4.69, 9.17) is 11.6 Å². The zero-order valence-electron chi connectivity index (χ0n) is 11.5. The fraction of sp³-hybridized carbons (Fsp3) is 0.0625. The molecule has 0 bridgehead atoms. The zero-order chi connectivity index (χ0) is 15.9. The van der Waals surface area contributed by atoms with E-state index in [1.807, 2.05) is 12.1 Å². The molecular formula is C16H13ClN2O3. The second-order valence-electron chi connectivity index (χ2n) is 4.53. The lowest BCUT2D eigenvalue weighted by molar-refractivity contribution is -0.384. The predicted octanol–water partition coefficient (Wildman–Crippen LogP) is 3.58. The number of non-ortho nitro benzene ring substituents is 1. The van der Waals surface area contributed by atoms with Gasteiger partial charge in [0.05, 0.1) is 4.92 Å². The van der Waals surface area contributed by atoms with Crippen molar-refractivity contribution in [1.82, 2.24) is 5.32 Å². The van der Waals surface area contributed by atoms with E-state index >= 15 is 0 Å². The number of nitro benzene ring substituents is 1. The third-order valence-electron chi connectivity index (χ3n) is 2.91. The van der Waals surface area contributed by atoms with E-state index in [1.165, 1.54) is 18.2 Å². The van der Waals surface area contributed by atoms with Crippen molar-refractivity contribution in [1.29, 1.82) is 0 Å². The smallest absolute Gasteiger partial charge is 0.269 e. The minimum Gasteiger partial charge on any atom is -0.348 e. The highest BCUT2D eigenvalue weighted by Crippen LogP contribution is 2.12. The van der Waals surface area contributed by atoms with Crippen LogP contribution in [0.1, 0.15) is 11.1 Å². The number of hydrogen-bond acceptors (Lipinski definition) is 3. The highest BCUT2D eigenvalue weighted by atomic mass is 35.5. The van der Waals surface area contributed by atoms with Crippen LogP contribution in [0.3, 0.4) is 0 Å². The van der Waals surface area contributed by atoms with Crippen LogP contribution in [0.15, 0.2) is 54.6 Å². The summed E-state index contributed by atoms with van der Waals surface area (Å²) in [6, 6.07) is 13.1. The fourth-order valence-electron chi connectivity index (χ4n) is 1.73. The fourth-order valence-corrected chi connectivity index (χ4v) is 1.86. The molecule has 6 heteroatoms. The molecule has 0 aliphatic carbocycles. The standard InChI is InChI=1S/C16H13ClN2O3/c17-14-6-1-12(2-7-14)5-10-16(20)18-11-13-3-8-15(9-4-13)19(21)22/h1-10H,11H2,(H,18,20)/b10-5+. The molecule has 0 radical (unpaired) electrons. The Morgan fingerprint density at radius 2 is 1.77 bits per heavy atom. The first kappa shape index (κ1) is 15.7. The normalized spacial score (nSPS) is 10.6. The van der Waals surface area contributed by atoms with Crippen LogP contribution in [0.2, 0.25) is 5.02 Å². The molecular weight excluding hydrogens is 304 g/mol. The molecule has 0 aromatic heterocycles. The topological polar surface area (TPSA) is 72.2 Å². The van der Waals surface area contributed by atoms with Gasteiger partial charge in [0.1, 0.15) is 0 Å². The number of nitro groups is 1. The summed E-state index contributed by atoms with van der Waals surface area (Å²) in [6.07, 6.45) is 3.11. The van der Waals surface area contributed by atoms with Crippen LogP contribution in [0.4, 0.5) is 5.69 Å². The van der Waals surface area contributed by atoms with Gasteiger partial charge in [0, 0.05) is 29.8 Å². The number of nitrogens with one attached hydrogen (secondary N) is 1. The molecule has 0 unspecified atom stereocenters. The van der Waals surface area contributed by atoms with Crippen LogP contribution < -0.4 is 5.32 Å². The molecule has 0 saturated carbocycles. The molecule has 112 valence electrons. The molecule has 0 saturated heterocycles. The van der Waals surface area contributed by atoms with Crippen molar-refractivity contribution in [2.45, 2.75) is 6.54 Å². The van der Waals surface area contributed by atoms with Crippen LogP contribution >= 0.6 is 11.6 Å². The van der Waals surface area contributed by atoms with Gasteiger partial charge in [-0.2, -0.15) is 0 Å². The SMILES string of the molecule is O=C(/C=C/c1ccc(Cl)cc1)NCc1ccc([N+](=O)[O-])cc1. The first-order valence-corrected chi connectivity index (χ1v) is 6.87. The van der Waals surface area contributed by atoms with E-state index in [2.05, 4.69) is 5.32 Å². The number of carbonyl (C=O) groups excluding carboxylic acids is 1. The first-order valence-electron chi connectivity index (χ1n) is 6.49. The molecule has 0 fully saturated rings. The second kappa shape index (κ2) is 7.38. The highest BCUT2D eigenvalue weighted by Gasteiger charge is 2.04. The molecule has 0 heterocycles. The average molecular weight is 317 g/mol. The largest absolute Gasteiger partial charge is 0.348 e. The summed E-state index contributed by atoms with van der Waals surface area (Å²) in [5, 5.41) is 13.9. The third kappa shape index (κ3) is 4.71. The van der Waals surface area contributed by atoms with Gasteiger partial charge in [-0.15, -0.1) is 0 Å². The average Bonchev–Trinajstić information content (AvgIpc) is 2.52. The van der Waals surface area contributed by atoms with Crippen LogP contribution in [0.5, 0.6) is 0 Å². The second-order valence-corrected chi connectivity index (χ2v) is 4.96. The van der Waals surface area contributed by atoms with Crippen molar-refractivity contribution in [3.8, 4) is 0 Å². The molecule has 0 atom stereocenters. The number of benzene rings is 2. The number of halogens is 1. The third-order valence-corrected chi connectivity index (χ3v) is 3.16. The Morgan fingerprint density at radius 3 is 2.36 bits per heavy atom. The van der Waals surface area contributed by atoms with Gasteiger partial charge in [-0.3, -0.25) is 14.9 Å². The molecule has 0 aliphatic rings. The minimum absolute atomic E-state index is 0.0257. The van der Waals surface area contributed by atoms with Crippen molar-refractivity contribution in [3.63, 3.8) is 0 Å². The molecule has 1 amide bonds. The zero-order valence-corrected chi connectivity index (χ0v) is 12.3. The summed E-state index contributed by atoms with van der Waals surface area (Å²) in [7, 11) is 0. The van der Waals surface area contributed by atoms with Gasteiger partial charge in [0.15, 0.2) is 0 Å². The lowest BCUT2D eigenvalue weighted by Gasteiger charge is -2.02. The Hall–Kier alpha value is -2.66. The molecule has 5 nitrogen and oxygen atoms in total. The van der Waals surface area contributed by atoms with E-state index in [0.29, 0.717) is 11.6 Å². The maximum absolute atomic E-state index is 11.7. The summed E-state index contributed by atoms with van der Waals surface area (Å²) < 4.78 is 0. The molecule has 2 aromatic carbocycles. The summed E-state index contributed by atoms with van der Waals surface area (Å²) in [4.78, 5) is 21.8. The number of amides is 1. The van der Waals surface area contributed by atoms with E-state index in [9.17, 15) is 14.9 Å². The van der Waals surface area contributed by atoms with Gasteiger partial charge in [-0.05, 0) is 29.3 Å². The van der Waals surface area contributed by atoms with Gasteiger partial charge < -0.3 is 5.32 Å². The van der Waals surface area contributed by atoms with Crippen molar-refractivity contribution >= 4 is 29.3 Å². The summed E-state index contributed by atoms with van der Waals surface area (Å²) in [5.41, 5.74) is 1.69. The number of nitrogens with zero attached hydrogens (tertiary/aromatic N) is 1. The van der Waals surface area contributed by atoms with E-state index in [-0.39, 0.29) is 11.6 Å². The van der Waals surface area contributed by atoms with Gasteiger partial charge in [0.2, 0.25) is 5.91 Å². The van der Waals surface area contributed by atoms with E-state index < -0.39 is 4.92 Å².